The SMILES string of the molecule is CNCc1cccc(C)c1C(=O)C(C)C. The lowest BCUT2D eigenvalue weighted by Gasteiger charge is -2.13. The summed E-state index contributed by atoms with van der Waals surface area (Å²) in [6, 6.07) is 6.01. The monoisotopic (exact) mass is 205 g/mol. The van der Waals surface area contributed by atoms with Crippen molar-refractivity contribution in [3.63, 3.8) is 0 Å². The van der Waals surface area contributed by atoms with Crippen LogP contribution in [-0.4, -0.2) is 12.8 Å². The van der Waals surface area contributed by atoms with Gasteiger partial charge < -0.3 is 5.32 Å². The van der Waals surface area contributed by atoms with Crippen LogP contribution in [0.15, 0.2) is 18.2 Å². The largest absolute Gasteiger partial charge is 0.316 e. The molecule has 0 fully saturated rings. The molecule has 1 N–H and O–H groups in total. The first-order chi connectivity index (χ1) is 7.07. The predicted molar refractivity (Wildman–Crippen MR) is 63.1 cm³/mol. The van der Waals surface area contributed by atoms with Crippen molar-refractivity contribution in [2.45, 2.75) is 27.3 Å². The van der Waals surface area contributed by atoms with Gasteiger partial charge in [0.2, 0.25) is 0 Å². The highest BCUT2D eigenvalue weighted by atomic mass is 16.1. The summed E-state index contributed by atoms with van der Waals surface area (Å²) in [5, 5.41) is 3.09. The molecule has 0 aromatic heterocycles. The summed E-state index contributed by atoms with van der Waals surface area (Å²) in [5.74, 6) is 0.292. The van der Waals surface area contributed by atoms with Crippen LogP contribution in [0.25, 0.3) is 0 Å². The molecule has 2 heteroatoms. The molecule has 2 nitrogen and oxygen atoms in total. The van der Waals surface area contributed by atoms with Crippen molar-refractivity contribution in [1.82, 2.24) is 5.32 Å². The molecule has 0 atom stereocenters. The molecule has 15 heavy (non-hydrogen) atoms. The number of carbonyl (C=O) groups excluding carboxylic acids is 1. The van der Waals surface area contributed by atoms with Crippen molar-refractivity contribution in [2.24, 2.45) is 5.92 Å². The number of hydrogen-bond donors (Lipinski definition) is 1. The molecule has 0 bridgehead atoms. The summed E-state index contributed by atoms with van der Waals surface area (Å²) in [4.78, 5) is 12.0. The van der Waals surface area contributed by atoms with Gasteiger partial charge in [0.05, 0.1) is 0 Å². The second kappa shape index (κ2) is 5.08. The molecule has 0 saturated carbocycles. The van der Waals surface area contributed by atoms with Crippen LogP contribution in [0.4, 0.5) is 0 Å². The van der Waals surface area contributed by atoms with Crippen LogP contribution in [0.1, 0.15) is 35.3 Å². The zero-order valence-corrected chi connectivity index (χ0v) is 9.92. The van der Waals surface area contributed by atoms with E-state index in [1.165, 1.54) is 0 Å². The average molecular weight is 205 g/mol. The van der Waals surface area contributed by atoms with Gasteiger partial charge >= 0.3 is 0 Å². The molecule has 1 aromatic carbocycles. The van der Waals surface area contributed by atoms with E-state index in [2.05, 4.69) is 5.32 Å². The number of carbonyl (C=O) groups is 1. The van der Waals surface area contributed by atoms with E-state index in [9.17, 15) is 4.79 Å². The minimum atomic E-state index is 0.0571. The van der Waals surface area contributed by atoms with Crippen molar-refractivity contribution in [2.75, 3.05) is 7.05 Å². The lowest BCUT2D eigenvalue weighted by atomic mass is 9.92. The van der Waals surface area contributed by atoms with Crippen LogP contribution >= 0.6 is 0 Å². The highest BCUT2D eigenvalue weighted by molar-refractivity contribution is 6.00. The second-order valence-electron chi connectivity index (χ2n) is 4.16. The maximum atomic E-state index is 12.0. The van der Waals surface area contributed by atoms with E-state index in [0.29, 0.717) is 0 Å². The van der Waals surface area contributed by atoms with Gasteiger partial charge in [0.15, 0.2) is 5.78 Å². The molecule has 0 unspecified atom stereocenters. The number of benzene rings is 1. The number of rotatable bonds is 4. The molecule has 0 spiro atoms. The second-order valence-corrected chi connectivity index (χ2v) is 4.16. The van der Waals surface area contributed by atoms with Crippen LogP contribution in [0.5, 0.6) is 0 Å². The molecule has 0 aliphatic rings. The summed E-state index contributed by atoms with van der Waals surface area (Å²) in [6.07, 6.45) is 0. The third-order valence-electron chi connectivity index (χ3n) is 2.50. The molecule has 0 aliphatic carbocycles. The van der Waals surface area contributed by atoms with Crippen molar-refractivity contribution in [3.8, 4) is 0 Å². The van der Waals surface area contributed by atoms with Gasteiger partial charge in [0.1, 0.15) is 0 Å². The fraction of sp³-hybridized carbons (Fsp3) is 0.462. The van der Waals surface area contributed by atoms with Gasteiger partial charge in [0, 0.05) is 18.0 Å². The fourth-order valence-electron chi connectivity index (χ4n) is 1.71. The molecule has 1 rings (SSSR count). The third kappa shape index (κ3) is 2.66. The molecule has 0 amide bonds. The molecule has 0 aliphatic heterocycles. The Morgan fingerprint density at radius 3 is 2.60 bits per heavy atom. The van der Waals surface area contributed by atoms with E-state index < -0.39 is 0 Å². The number of ketones is 1. The fourth-order valence-corrected chi connectivity index (χ4v) is 1.71. The molecule has 0 heterocycles. The van der Waals surface area contributed by atoms with Gasteiger partial charge in [-0.15, -0.1) is 0 Å². The van der Waals surface area contributed by atoms with Crippen molar-refractivity contribution in [1.29, 1.82) is 0 Å². The molecular weight excluding hydrogens is 186 g/mol. The Labute approximate surface area is 91.7 Å². The summed E-state index contributed by atoms with van der Waals surface area (Å²) in [6.45, 7) is 6.63. The van der Waals surface area contributed by atoms with Gasteiger partial charge in [-0.25, -0.2) is 0 Å². The molecule has 1 aromatic rings. The topological polar surface area (TPSA) is 29.1 Å². The van der Waals surface area contributed by atoms with Crippen LogP contribution in [-0.2, 0) is 6.54 Å². The van der Waals surface area contributed by atoms with Gasteiger partial charge in [-0.3, -0.25) is 4.79 Å². The highest BCUT2D eigenvalue weighted by Crippen LogP contribution is 2.18. The van der Waals surface area contributed by atoms with E-state index in [4.69, 9.17) is 0 Å². The summed E-state index contributed by atoms with van der Waals surface area (Å²) < 4.78 is 0. The molecule has 0 radical (unpaired) electrons. The third-order valence-corrected chi connectivity index (χ3v) is 2.50. The Balaban J connectivity index is 3.18. The molecule has 0 saturated heterocycles. The lowest BCUT2D eigenvalue weighted by molar-refractivity contribution is 0.0937. The van der Waals surface area contributed by atoms with E-state index in [-0.39, 0.29) is 11.7 Å². The summed E-state index contributed by atoms with van der Waals surface area (Å²) >= 11 is 0. The smallest absolute Gasteiger partial charge is 0.165 e. The first-order valence-corrected chi connectivity index (χ1v) is 5.35. The summed E-state index contributed by atoms with van der Waals surface area (Å²) in [7, 11) is 1.89. The van der Waals surface area contributed by atoms with Crippen molar-refractivity contribution in [3.05, 3.63) is 34.9 Å². The highest BCUT2D eigenvalue weighted by Gasteiger charge is 2.16. The first-order valence-electron chi connectivity index (χ1n) is 5.35. The van der Waals surface area contributed by atoms with E-state index in [0.717, 1.165) is 23.2 Å². The molecule has 82 valence electrons. The van der Waals surface area contributed by atoms with Crippen LogP contribution in [0, 0.1) is 12.8 Å². The molecular formula is C13H19NO. The maximum Gasteiger partial charge on any atom is 0.165 e. The quantitative estimate of drug-likeness (QED) is 0.765. The minimum absolute atomic E-state index is 0.0571. The van der Waals surface area contributed by atoms with Crippen LogP contribution in [0.2, 0.25) is 0 Å². The van der Waals surface area contributed by atoms with Crippen molar-refractivity contribution < 1.29 is 4.79 Å². The predicted octanol–water partition coefficient (Wildman–Crippen LogP) is 2.55. The average Bonchev–Trinajstić information content (AvgIpc) is 2.17. The van der Waals surface area contributed by atoms with Crippen LogP contribution < -0.4 is 5.32 Å². The van der Waals surface area contributed by atoms with Crippen LogP contribution in [0.3, 0.4) is 0 Å². The Kier molecular flexibility index (Phi) is 4.04. The van der Waals surface area contributed by atoms with Gasteiger partial charge in [0.25, 0.3) is 0 Å². The van der Waals surface area contributed by atoms with E-state index in [1.54, 1.807) is 0 Å². The Bertz CT molecular complexity index is 356. The van der Waals surface area contributed by atoms with E-state index in [1.807, 2.05) is 46.0 Å². The van der Waals surface area contributed by atoms with E-state index >= 15 is 0 Å². The Morgan fingerprint density at radius 1 is 1.40 bits per heavy atom. The first kappa shape index (κ1) is 11.9. The lowest BCUT2D eigenvalue weighted by Crippen LogP contribution is -2.16. The zero-order valence-electron chi connectivity index (χ0n) is 9.92. The Morgan fingerprint density at radius 2 is 2.07 bits per heavy atom. The number of hydrogen-bond acceptors (Lipinski definition) is 2. The Hall–Kier alpha value is -1.15. The standard InChI is InChI=1S/C13H19NO/c1-9(2)13(15)12-10(3)6-5-7-11(12)8-14-4/h5-7,9,14H,8H2,1-4H3. The minimum Gasteiger partial charge on any atom is -0.316 e. The van der Waals surface area contributed by atoms with Gasteiger partial charge in [-0.1, -0.05) is 32.0 Å². The maximum absolute atomic E-state index is 12.0. The number of nitrogens with one attached hydrogen (secondary N) is 1. The summed E-state index contributed by atoms with van der Waals surface area (Å²) in [5.41, 5.74) is 3.06. The van der Waals surface area contributed by atoms with Gasteiger partial charge in [-0.05, 0) is 25.1 Å². The van der Waals surface area contributed by atoms with Crippen molar-refractivity contribution >= 4 is 5.78 Å². The number of aryl methyl sites for hydroxylation is 1. The number of Topliss-reactive ketones (excluding diaryl/α,β-unsaturated/α-hetero) is 1. The zero-order chi connectivity index (χ0) is 11.4. The normalized spacial score (nSPS) is 10.7. The van der Waals surface area contributed by atoms with Gasteiger partial charge in [-0.2, -0.15) is 0 Å².